The molecule has 1 saturated heterocycles. The van der Waals surface area contributed by atoms with E-state index in [4.69, 9.17) is 0 Å². The smallest absolute Gasteiger partial charge is 0.321 e. The lowest BCUT2D eigenvalue weighted by Crippen LogP contribution is -2.43. The maximum Gasteiger partial charge on any atom is 0.321 e. The molecule has 3 heterocycles. The van der Waals surface area contributed by atoms with Crippen molar-refractivity contribution in [3.8, 4) is 0 Å². The van der Waals surface area contributed by atoms with Gasteiger partial charge in [-0.1, -0.05) is 6.07 Å². The summed E-state index contributed by atoms with van der Waals surface area (Å²) < 4.78 is 2.00. The molecule has 1 aromatic carbocycles. The van der Waals surface area contributed by atoms with E-state index in [1.807, 2.05) is 28.8 Å². The van der Waals surface area contributed by atoms with Gasteiger partial charge in [-0.15, -0.1) is 0 Å². The molecule has 2 aliphatic rings. The summed E-state index contributed by atoms with van der Waals surface area (Å²) in [6.07, 6.45) is 7.08. The van der Waals surface area contributed by atoms with Crippen molar-refractivity contribution in [3.05, 3.63) is 41.7 Å². The standard InChI is InChI=1S/C19H25N5O/c1-14-11-20-24(12-14)17-4-3-8-23(13-17)19(25)21-16-6-5-15-7-9-22(2)18(15)10-16/h5-6,10-12,17H,3-4,7-9,13H2,1-2H3,(H,21,25)/t17-/m1/s1. The van der Waals surface area contributed by atoms with Gasteiger partial charge in [-0.25, -0.2) is 4.79 Å². The highest BCUT2D eigenvalue weighted by molar-refractivity contribution is 5.90. The Balaban J connectivity index is 1.43. The van der Waals surface area contributed by atoms with Crippen molar-refractivity contribution in [2.45, 2.75) is 32.2 Å². The first-order valence-electron chi connectivity index (χ1n) is 9.01. The number of aromatic nitrogens is 2. The number of carbonyl (C=O) groups is 1. The zero-order chi connectivity index (χ0) is 17.4. The second-order valence-corrected chi connectivity index (χ2v) is 7.18. The molecule has 25 heavy (non-hydrogen) atoms. The van der Waals surface area contributed by atoms with Gasteiger partial charge in [0.1, 0.15) is 0 Å². The Morgan fingerprint density at radius 1 is 1.32 bits per heavy atom. The average Bonchev–Trinajstić information content (AvgIpc) is 3.21. The number of nitrogens with zero attached hydrogens (tertiary/aromatic N) is 4. The fourth-order valence-electron chi connectivity index (χ4n) is 3.81. The van der Waals surface area contributed by atoms with Crippen molar-refractivity contribution in [1.29, 1.82) is 0 Å². The van der Waals surface area contributed by atoms with Crippen LogP contribution in [0, 0.1) is 6.92 Å². The zero-order valence-electron chi connectivity index (χ0n) is 14.9. The predicted molar refractivity (Wildman–Crippen MR) is 99.2 cm³/mol. The van der Waals surface area contributed by atoms with Crippen LogP contribution in [-0.4, -0.2) is 47.4 Å². The van der Waals surface area contributed by atoms with Gasteiger partial charge in [0, 0.05) is 44.3 Å². The Morgan fingerprint density at radius 3 is 3.00 bits per heavy atom. The van der Waals surface area contributed by atoms with Crippen molar-refractivity contribution < 1.29 is 4.79 Å². The highest BCUT2D eigenvalue weighted by atomic mass is 16.2. The maximum absolute atomic E-state index is 12.7. The molecule has 6 nitrogen and oxygen atoms in total. The van der Waals surface area contributed by atoms with Crippen LogP contribution in [0.4, 0.5) is 16.2 Å². The Morgan fingerprint density at radius 2 is 2.20 bits per heavy atom. The monoisotopic (exact) mass is 339 g/mol. The van der Waals surface area contributed by atoms with E-state index in [2.05, 4.69) is 40.7 Å². The first-order valence-corrected chi connectivity index (χ1v) is 9.01. The van der Waals surface area contributed by atoms with E-state index in [0.29, 0.717) is 6.54 Å². The number of fused-ring (bicyclic) bond motifs is 1. The zero-order valence-corrected chi connectivity index (χ0v) is 14.9. The molecule has 2 aromatic rings. The minimum Gasteiger partial charge on any atom is -0.374 e. The highest BCUT2D eigenvalue weighted by Gasteiger charge is 2.25. The number of piperidine rings is 1. The minimum atomic E-state index is -0.0193. The minimum absolute atomic E-state index is 0.0193. The van der Waals surface area contributed by atoms with Gasteiger partial charge in [-0.3, -0.25) is 4.68 Å². The number of hydrogen-bond acceptors (Lipinski definition) is 3. The summed E-state index contributed by atoms with van der Waals surface area (Å²) in [4.78, 5) is 16.8. The van der Waals surface area contributed by atoms with Gasteiger partial charge in [-0.05, 0) is 49.4 Å². The molecule has 6 heteroatoms. The summed E-state index contributed by atoms with van der Waals surface area (Å²) in [7, 11) is 2.10. The largest absolute Gasteiger partial charge is 0.374 e. The fraction of sp³-hybridized carbons (Fsp3) is 0.474. The number of likely N-dealkylation sites (tertiary alicyclic amines) is 1. The number of amides is 2. The third-order valence-corrected chi connectivity index (χ3v) is 5.25. The molecule has 0 aliphatic carbocycles. The van der Waals surface area contributed by atoms with Crippen LogP contribution in [-0.2, 0) is 6.42 Å². The lowest BCUT2D eigenvalue weighted by Gasteiger charge is -2.33. The molecule has 0 radical (unpaired) electrons. The second kappa shape index (κ2) is 6.43. The number of benzene rings is 1. The van der Waals surface area contributed by atoms with Crippen LogP contribution in [0.3, 0.4) is 0 Å². The van der Waals surface area contributed by atoms with Crippen LogP contribution in [0.5, 0.6) is 0 Å². The fourth-order valence-corrected chi connectivity index (χ4v) is 3.81. The quantitative estimate of drug-likeness (QED) is 0.915. The Bertz CT molecular complexity index is 784. The first-order chi connectivity index (χ1) is 12.1. The van der Waals surface area contributed by atoms with Gasteiger partial charge < -0.3 is 15.1 Å². The average molecular weight is 339 g/mol. The van der Waals surface area contributed by atoms with E-state index in [1.165, 1.54) is 11.3 Å². The topological polar surface area (TPSA) is 53.4 Å². The van der Waals surface area contributed by atoms with E-state index in [0.717, 1.165) is 43.6 Å². The van der Waals surface area contributed by atoms with Crippen LogP contribution in [0.25, 0.3) is 0 Å². The number of aryl methyl sites for hydroxylation is 1. The molecule has 1 fully saturated rings. The normalized spacial score (nSPS) is 19.8. The van der Waals surface area contributed by atoms with E-state index in [9.17, 15) is 4.79 Å². The van der Waals surface area contributed by atoms with Gasteiger partial charge in [0.25, 0.3) is 0 Å². The molecule has 1 atom stereocenters. The Labute approximate surface area is 148 Å². The molecular weight excluding hydrogens is 314 g/mol. The van der Waals surface area contributed by atoms with Crippen LogP contribution in [0.15, 0.2) is 30.6 Å². The number of anilines is 2. The third-order valence-electron chi connectivity index (χ3n) is 5.25. The van der Waals surface area contributed by atoms with E-state index in [-0.39, 0.29) is 12.1 Å². The number of hydrogen-bond donors (Lipinski definition) is 1. The molecule has 2 aliphatic heterocycles. The molecule has 0 bridgehead atoms. The number of carbonyl (C=O) groups excluding carboxylic acids is 1. The second-order valence-electron chi connectivity index (χ2n) is 7.18. The Kier molecular flexibility index (Phi) is 4.11. The number of likely N-dealkylation sites (N-methyl/N-ethyl adjacent to an activating group) is 1. The maximum atomic E-state index is 12.7. The molecule has 1 N–H and O–H groups in total. The third kappa shape index (κ3) is 3.21. The van der Waals surface area contributed by atoms with Crippen LogP contribution in [0.1, 0.15) is 30.0 Å². The van der Waals surface area contributed by atoms with Gasteiger partial charge in [0.15, 0.2) is 0 Å². The summed E-state index contributed by atoms with van der Waals surface area (Å²) in [5.41, 5.74) is 4.60. The predicted octanol–water partition coefficient (Wildman–Crippen LogP) is 3.05. The van der Waals surface area contributed by atoms with Gasteiger partial charge in [0.05, 0.1) is 12.2 Å². The lowest BCUT2D eigenvalue weighted by atomic mass is 10.1. The Hall–Kier alpha value is -2.50. The van der Waals surface area contributed by atoms with Crippen molar-refractivity contribution in [3.63, 3.8) is 0 Å². The van der Waals surface area contributed by atoms with Crippen molar-refractivity contribution >= 4 is 17.4 Å². The van der Waals surface area contributed by atoms with Crippen LogP contribution in [0.2, 0.25) is 0 Å². The highest BCUT2D eigenvalue weighted by Crippen LogP contribution is 2.30. The van der Waals surface area contributed by atoms with Crippen molar-refractivity contribution in [1.82, 2.24) is 14.7 Å². The van der Waals surface area contributed by atoms with E-state index >= 15 is 0 Å². The molecule has 0 unspecified atom stereocenters. The number of rotatable bonds is 2. The van der Waals surface area contributed by atoms with Crippen LogP contribution < -0.4 is 10.2 Å². The van der Waals surface area contributed by atoms with E-state index in [1.54, 1.807) is 0 Å². The summed E-state index contributed by atoms with van der Waals surface area (Å²) in [6.45, 7) is 4.59. The van der Waals surface area contributed by atoms with Gasteiger partial charge in [0.2, 0.25) is 0 Å². The molecule has 132 valence electrons. The number of nitrogens with one attached hydrogen (secondary N) is 1. The molecule has 0 saturated carbocycles. The first kappa shape index (κ1) is 16.0. The molecule has 0 spiro atoms. The SMILES string of the molecule is Cc1cnn([C@@H]2CCCN(C(=O)Nc3ccc4c(c3)N(C)CC4)C2)c1. The van der Waals surface area contributed by atoms with E-state index < -0.39 is 0 Å². The van der Waals surface area contributed by atoms with Crippen LogP contribution >= 0.6 is 0 Å². The molecule has 1 aromatic heterocycles. The van der Waals surface area contributed by atoms with Crippen molar-refractivity contribution in [2.75, 3.05) is 36.9 Å². The summed E-state index contributed by atoms with van der Waals surface area (Å²) in [5.74, 6) is 0. The summed E-state index contributed by atoms with van der Waals surface area (Å²) in [5, 5.41) is 7.49. The van der Waals surface area contributed by atoms with Crippen molar-refractivity contribution in [2.24, 2.45) is 0 Å². The lowest BCUT2D eigenvalue weighted by molar-refractivity contribution is 0.175. The number of urea groups is 1. The molecular formula is C19H25N5O. The molecule has 2 amide bonds. The van der Waals surface area contributed by atoms with Gasteiger partial charge in [-0.2, -0.15) is 5.10 Å². The van der Waals surface area contributed by atoms with Gasteiger partial charge >= 0.3 is 6.03 Å². The molecule has 4 rings (SSSR count). The summed E-state index contributed by atoms with van der Waals surface area (Å²) in [6, 6.07) is 6.46. The summed E-state index contributed by atoms with van der Waals surface area (Å²) >= 11 is 0.